The molecule has 2 heterocycles. The molecule has 1 amide bonds. The molecule has 13 heavy (non-hydrogen) atoms. The first-order chi connectivity index (χ1) is 6.27. The summed E-state index contributed by atoms with van der Waals surface area (Å²) in [6.07, 6.45) is 2.66. The maximum atomic E-state index is 11.7. The Morgan fingerprint density at radius 2 is 2.54 bits per heavy atom. The van der Waals surface area contributed by atoms with Gasteiger partial charge in [-0.05, 0) is 18.6 Å². The van der Waals surface area contributed by atoms with Crippen molar-refractivity contribution in [3.63, 3.8) is 0 Å². The Labute approximate surface area is 76.7 Å². The number of likely N-dealkylation sites (tertiary alicyclic amines) is 1. The molecule has 70 valence electrons. The van der Waals surface area contributed by atoms with Gasteiger partial charge in [-0.3, -0.25) is 4.79 Å². The van der Waals surface area contributed by atoms with Gasteiger partial charge in [-0.25, -0.2) is 0 Å². The summed E-state index contributed by atoms with van der Waals surface area (Å²) in [5.74, 6) is 0.0537. The zero-order valence-electron chi connectivity index (χ0n) is 7.36. The summed E-state index contributed by atoms with van der Waals surface area (Å²) in [5, 5.41) is 0. The summed E-state index contributed by atoms with van der Waals surface area (Å²) in [7, 11) is 0. The third-order valence-corrected chi connectivity index (χ3v) is 2.34. The molecule has 0 unspecified atom stereocenters. The summed E-state index contributed by atoms with van der Waals surface area (Å²) in [4.78, 5) is 16.4. The van der Waals surface area contributed by atoms with Gasteiger partial charge in [0, 0.05) is 25.3 Å². The Morgan fingerprint density at radius 3 is 3.08 bits per heavy atom. The lowest BCUT2D eigenvalue weighted by Gasteiger charge is -2.14. The molecule has 1 aliphatic rings. The topological polar surface area (TPSA) is 62.1 Å². The van der Waals surface area contributed by atoms with Crippen LogP contribution in [0.5, 0.6) is 0 Å². The van der Waals surface area contributed by atoms with Gasteiger partial charge in [0.1, 0.15) is 5.69 Å². The molecule has 0 radical (unpaired) electrons. The number of aromatic amines is 1. The molecule has 0 bridgehead atoms. The Hall–Kier alpha value is -1.29. The van der Waals surface area contributed by atoms with E-state index in [1.54, 1.807) is 17.2 Å². The van der Waals surface area contributed by atoms with Crippen molar-refractivity contribution in [2.45, 2.75) is 12.5 Å². The highest BCUT2D eigenvalue weighted by Crippen LogP contribution is 2.10. The number of aromatic nitrogens is 1. The van der Waals surface area contributed by atoms with E-state index < -0.39 is 0 Å². The van der Waals surface area contributed by atoms with Crippen LogP contribution in [0, 0.1) is 0 Å². The van der Waals surface area contributed by atoms with Gasteiger partial charge in [-0.1, -0.05) is 0 Å². The first-order valence-corrected chi connectivity index (χ1v) is 4.45. The van der Waals surface area contributed by atoms with Crippen molar-refractivity contribution in [1.82, 2.24) is 9.88 Å². The van der Waals surface area contributed by atoms with Crippen LogP contribution in [0.25, 0.3) is 0 Å². The molecule has 4 nitrogen and oxygen atoms in total. The van der Waals surface area contributed by atoms with Gasteiger partial charge in [0.05, 0.1) is 0 Å². The third-order valence-electron chi connectivity index (χ3n) is 2.34. The summed E-state index contributed by atoms with van der Waals surface area (Å²) < 4.78 is 0. The van der Waals surface area contributed by atoms with E-state index in [9.17, 15) is 4.79 Å². The quantitative estimate of drug-likeness (QED) is 0.646. The molecule has 0 aliphatic carbocycles. The van der Waals surface area contributed by atoms with Gasteiger partial charge in [0.15, 0.2) is 0 Å². The summed E-state index contributed by atoms with van der Waals surface area (Å²) in [5.41, 5.74) is 6.36. The Balaban J connectivity index is 2.06. The average Bonchev–Trinajstić information content (AvgIpc) is 2.72. The Kier molecular flexibility index (Phi) is 2.06. The highest BCUT2D eigenvalue weighted by molar-refractivity contribution is 5.92. The number of amides is 1. The second-order valence-corrected chi connectivity index (χ2v) is 3.38. The Bertz CT molecular complexity index is 294. The second-order valence-electron chi connectivity index (χ2n) is 3.38. The number of carbonyl (C=O) groups excluding carboxylic acids is 1. The lowest BCUT2D eigenvalue weighted by molar-refractivity contribution is 0.0786. The minimum Gasteiger partial charge on any atom is -0.357 e. The van der Waals surface area contributed by atoms with E-state index in [1.807, 2.05) is 6.07 Å². The van der Waals surface area contributed by atoms with Gasteiger partial charge in [-0.2, -0.15) is 0 Å². The maximum Gasteiger partial charge on any atom is 0.270 e. The van der Waals surface area contributed by atoms with Crippen LogP contribution >= 0.6 is 0 Å². The van der Waals surface area contributed by atoms with Crippen LogP contribution in [0.3, 0.4) is 0 Å². The predicted molar refractivity (Wildman–Crippen MR) is 49.3 cm³/mol. The first kappa shape index (κ1) is 8.31. The first-order valence-electron chi connectivity index (χ1n) is 4.45. The molecule has 1 aromatic heterocycles. The number of carbonyl (C=O) groups is 1. The fourth-order valence-electron chi connectivity index (χ4n) is 1.61. The standard InChI is InChI=1S/C9H13N3O/c10-7-3-5-12(6-7)9(13)8-2-1-4-11-8/h1-2,4,7,11H,3,5-6,10H2/t7-/m0/s1. The number of nitrogens with zero attached hydrogens (tertiary/aromatic N) is 1. The Morgan fingerprint density at radius 1 is 1.69 bits per heavy atom. The normalized spacial score (nSPS) is 22.2. The SMILES string of the molecule is N[C@H]1CCN(C(=O)c2ccc[nH]2)C1. The van der Waals surface area contributed by atoms with Gasteiger partial charge in [-0.15, -0.1) is 0 Å². The van der Waals surface area contributed by atoms with E-state index in [2.05, 4.69) is 4.98 Å². The molecule has 0 aromatic carbocycles. The van der Waals surface area contributed by atoms with Crippen molar-refractivity contribution in [2.75, 3.05) is 13.1 Å². The van der Waals surface area contributed by atoms with Crippen molar-refractivity contribution in [1.29, 1.82) is 0 Å². The molecule has 1 fully saturated rings. The fourth-order valence-corrected chi connectivity index (χ4v) is 1.61. The van der Waals surface area contributed by atoms with Crippen LogP contribution in [-0.2, 0) is 0 Å². The highest BCUT2D eigenvalue weighted by atomic mass is 16.2. The van der Waals surface area contributed by atoms with Crippen LogP contribution in [-0.4, -0.2) is 34.9 Å². The molecule has 1 aromatic rings. The lowest BCUT2D eigenvalue weighted by atomic mass is 10.3. The molecule has 1 aliphatic heterocycles. The van der Waals surface area contributed by atoms with Crippen LogP contribution in [0.4, 0.5) is 0 Å². The van der Waals surface area contributed by atoms with Crippen molar-refractivity contribution in [3.8, 4) is 0 Å². The number of hydrogen-bond donors (Lipinski definition) is 2. The summed E-state index contributed by atoms with van der Waals surface area (Å²) in [6.45, 7) is 1.46. The van der Waals surface area contributed by atoms with Crippen LogP contribution in [0.15, 0.2) is 18.3 Å². The van der Waals surface area contributed by atoms with Crippen molar-refractivity contribution >= 4 is 5.91 Å². The van der Waals surface area contributed by atoms with E-state index in [4.69, 9.17) is 5.73 Å². The molecular formula is C9H13N3O. The van der Waals surface area contributed by atoms with Gasteiger partial charge in [0.25, 0.3) is 5.91 Å². The number of rotatable bonds is 1. The molecule has 1 atom stereocenters. The zero-order chi connectivity index (χ0) is 9.26. The minimum absolute atomic E-state index is 0.0537. The van der Waals surface area contributed by atoms with Gasteiger partial charge < -0.3 is 15.6 Å². The monoisotopic (exact) mass is 179 g/mol. The smallest absolute Gasteiger partial charge is 0.270 e. The number of H-pyrrole nitrogens is 1. The van der Waals surface area contributed by atoms with Crippen molar-refractivity contribution in [2.24, 2.45) is 5.73 Å². The molecule has 0 saturated carbocycles. The predicted octanol–water partition coefficient (Wildman–Crippen LogP) is 0.188. The number of hydrogen-bond acceptors (Lipinski definition) is 2. The molecule has 2 rings (SSSR count). The maximum absolute atomic E-state index is 11.7. The largest absolute Gasteiger partial charge is 0.357 e. The number of nitrogens with one attached hydrogen (secondary N) is 1. The summed E-state index contributed by atoms with van der Waals surface area (Å²) >= 11 is 0. The molecular weight excluding hydrogens is 166 g/mol. The molecule has 0 spiro atoms. The zero-order valence-corrected chi connectivity index (χ0v) is 7.36. The highest BCUT2D eigenvalue weighted by Gasteiger charge is 2.24. The summed E-state index contributed by atoms with van der Waals surface area (Å²) in [6, 6.07) is 3.76. The van der Waals surface area contributed by atoms with Crippen LogP contribution in [0.1, 0.15) is 16.9 Å². The molecule has 1 saturated heterocycles. The fraction of sp³-hybridized carbons (Fsp3) is 0.444. The molecule has 3 N–H and O–H groups in total. The van der Waals surface area contributed by atoms with E-state index in [0.717, 1.165) is 13.0 Å². The van der Waals surface area contributed by atoms with E-state index in [-0.39, 0.29) is 11.9 Å². The van der Waals surface area contributed by atoms with Gasteiger partial charge >= 0.3 is 0 Å². The van der Waals surface area contributed by atoms with E-state index in [1.165, 1.54) is 0 Å². The third kappa shape index (κ3) is 1.58. The van der Waals surface area contributed by atoms with E-state index >= 15 is 0 Å². The average molecular weight is 179 g/mol. The second kappa shape index (κ2) is 3.22. The molecule has 4 heteroatoms. The van der Waals surface area contributed by atoms with Crippen LogP contribution in [0.2, 0.25) is 0 Å². The van der Waals surface area contributed by atoms with Crippen LogP contribution < -0.4 is 5.73 Å². The lowest BCUT2D eigenvalue weighted by Crippen LogP contribution is -2.32. The van der Waals surface area contributed by atoms with Gasteiger partial charge in [0.2, 0.25) is 0 Å². The van der Waals surface area contributed by atoms with Crippen molar-refractivity contribution in [3.05, 3.63) is 24.0 Å². The number of nitrogens with two attached hydrogens (primary N) is 1. The minimum atomic E-state index is 0.0537. The van der Waals surface area contributed by atoms with E-state index in [0.29, 0.717) is 12.2 Å². The van der Waals surface area contributed by atoms with Crippen molar-refractivity contribution < 1.29 is 4.79 Å².